The Labute approximate surface area is 111 Å². The van der Waals surface area contributed by atoms with Gasteiger partial charge in [0.2, 0.25) is 0 Å². The maximum absolute atomic E-state index is 13.5. The van der Waals surface area contributed by atoms with Crippen LogP contribution in [0.2, 0.25) is 0 Å². The molecule has 1 aromatic rings. The highest BCUT2D eigenvalue weighted by atomic mass is 19.4. The van der Waals surface area contributed by atoms with Crippen molar-refractivity contribution in [3.05, 3.63) is 35.1 Å². The summed E-state index contributed by atoms with van der Waals surface area (Å²) in [6.07, 6.45) is -2.07. The first-order valence-electron chi connectivity index (χ1n) is 6.50. The summed E-state index contributed by atoms with van der Waals surface area (Å²) in [5.41, 5.74) is -0.636. The van der Waals surface area contributed by atoms with Crippen LogP contribution in [0.15, 0.2) is 18.2 Å². The van der Waals surface area contributed by atoms with Crippen molar-refractivity contribution in [3.63, 3.8) is 0 Å². The van der Waals surface area contributed by atoms with Crippen molar-refractivity contribution in [1.29, 1.82) is 0 Å². The SMILES string of the molecule is CCCNC(CCC)c1ccc(C(F)(F)F)c(F)c1. The van der Waals surface area contributed by atoms with E-state index in [9.17, 15) is 17.6 Å². The Bertz CT molecular complexity index is 401. The molecule has 1 rings (SSSR count). The van der Waals surface area contributed by atoms with Gasteiger partial charge in [-0.25, -0.2) is 4.39 Å². The summed E-state index contributed by atoms with van der Waals surface area (Å²) in [7, 11) is 0. The molecule has 1 unspecified atom stereocenters. The molecule has 0 saturated carbocycles. The van der Waals surface area contributed by atoms with E-state index in [1.807, 2.05) is 13.8 Å². The molecule has 0 bridgehead atoms. The Morgan fingerprint density at radius 2 is 1.84 bits per heavy atom. The van der Waals surface area contributed by atoms with Crippen LogP contribution in [0.3, 0.4) is 0 Å². The minimum atomic E-state index is -4.64. The Morgan fingerprint density at radius 3 is 2.32 bits per heavy atom. The van der Waals surface area contributed by atoms with Crippen LogP contribution in [0.4, 0.5) is 17.6 Å². The van der Waals surface area contributed by atoms with E-state index < -0.39 is 17.6 Å². The molecule has 0 radical (unpaired) electrons. The third kappa shape index (κ3) is 4.49. The van der Waals surface area contributed by atoms with Gasteiger partial charge in [0.05, 0.1) is 5.56 Å². The summed E-state index contributed by atoms with van der Waals surface area (Å²) >= 11 is 0. The van der Waals surface area contributed by atoms with Crippen LogP contribution < -0.4 is 5.32 Å². The average Bonchev–Trinajstić information content (AvgIpc) is 2.32. The summed E-state index contributed by atoms with van der Waals surface area (Å²) in [6.45, 7) is 4.75. The maximum Gasteiger partial charge on any atom is 0.419 e. The molecule has 1 N–H and O–H groups in total. The van der Waals surface area contributed by atoms with E-state index in [0.717, 1.165) is 37.9 Å². The fraction of sp³-hybridized carbons (Fsp3) is 0.571. The van der Waals surface area contributed by atoms with Crippen LogP contribution in [0.1, 0.15) is 50.3 Å². The van der Waals surface area contributed by atoms with Crippen molar-refractivity contribution in [1.82, 2.24) is 5.32 Å². The summed E-state index contributed by atoms with van der Waals surface area (Å²) in [5.74, 6) is -1.20. The molecule has 5 heteroatoms. The lowest BCUT2D eigenvalue weighted by Crippen LogP contribution is -2.22. The lowest BCUT2D eigenvalue weighted by atomic mass is 10.00. The topological polar surface area (TPSA) is 12.0 Å². The summed E-state index contributed by atoms with van der Waals surface area (Å²) in [5, 5.41) is 3.22. The standard InChI is InChI=1S/C14H19F4N/c1-3-5-13(19-8-4-2)10-6-7-11(12(15)9-10)14(16,17)18/h6-7,9,13,19H,3-5,8H2,1-2H3. The van der Waals surface area contributed by atoms with Crippen LogP contribution in [0.25, 0.3) is 0 Å². The molecule has 1 aromatic carbocycles. The van der Waals surface area contributed by atoms with E-state index in [0.29, 0.717) is 5.56 Å². The Balaban J connectivity index is 2.96. The molecule has 0 aliphatic rings. The second kappa shape index (κ2) is 6.89. The fourth-order valence-corrected chi connectivity index (χ4v) is 1.97. The molecule has 0 heterocycles. The van der Waals surface area contributed by atoms with E-state index in [2.05, 4.69) is 5.32 Å². The van der Waals surface area contributed by atoms with Crippen molar-refractivity contribution in [2.45, 2.75) is 45.3 Å². The van der Waals surface area contributed by atoms with Gasteiger partial charge in [-0.2, -0.15) is 13.2 Å². The van der Waals surface area contributed by atoms with Crippen molar-refractivity contribution in [2.24, 2.45) is 0 Å². The highest BCUT2D eigenvalue weighted by Gasteiger charge is 2.34. The minimum Gasteiger partial charge on any atom is -0.310 e. The Kier molecular flexibility index (Phi) is 5.79. The van der Waals surface area contributed by atoms with Crippen molar-refractivity contribution < 1.29 is 17.6 Å². The quantitative estimate of drug-likeness (QED) is 0.744. The first-order valence-corrected chi connectivity index (χ1v) is 6.50. The van der Waals surface area contributed by atoms with Crippen molar-refractivity contribution in [3.8, 4) is 0 Å². The predicted molar refractivity (Wildman–Crippen MR) is 67.3 cm³/mol. The van der Waals surface area contributed by atoms with E-state index >= 15 is 0 Å². The van der Waals surface area contributed by atoms with Gasteiger partial charge in [-0.1, -0.05) is 26.3 Å². The zero-order valence-electron chi connectivity index (χ0n) is 11.1. The van der Waals surface area contributed by atoms with Gasteiger partial charge in [-0.15, -0.1) is 0 Å². The van der Waals surface area contributed by atoms with Gasteiger partial charge >= 0.3 is 6.18 Å². The molecule has 19 heavy (non-hydrogen) atoms. The molecule has 0 aliphatic carbocycles. The molecule has 0 aromatic heterocycles. The monoisotopic (exact) mass is 277 g/mol. The second-order valence-electron chi connectivity index (χ2n) is 4.53. The third-order valence-electron chi connectivity index (χ3n) is 2.92. The number of hydrogen-bond acceptors (Lipinski definition) is 1. The minimum absolute atomic E-state index is 0.0956. The van der Waals surface area contributed by atoms with E-state index in [1.54, 1.807) is 0 Å². The van der Waals surface area contributed by atoms with Gasteiger partial charge in [-0.3, -0.25) is 0 Å². The second-order valence-corrected chi connectivity index (χ2v) is 4.53. The first kappa shape index (κ1) is 16.0. The average molecular weight is 277 g/mol. The Morgan fingerprint density at radius 1 is 1.16 bits per heavy atom. The molecule has 0 amide bonds. The smallest absolute Gasteiger partial charge is 0.310 e. The lowest BCUT2D eigenvalue weighted by Gasteiger charge is -2.19. The largest absolute Gasteiger partial charge is 0.419 e. The van der Waals surface area contributed by atoms with Gasteiger partial charge in [0.25, 0.3) is 0 Å². The highest BCUT2D eigenvalue weighted by molar-refractivity contribution is 5.28. The number of nitrogens with one attached hydrogen (secondary N) is 1. The highest BCUT2D eigenvalue weighted by Crippen LogP contribution is 2.32. The van der Waals surface area contributed by atoms with E-state index in [1.165, 1.54) is 6.07 Å². The summed E-state index contributed by atoms with van der Waals surface area (Å²) < 4.78 is 51.0. The van der Waals surface area contributed by atoms with E-state index in [-0.39, 0.29) is 6.04 Å². The summed E-state index contributed by atoms with van der Waals surface area (Å²) in [4.78, 5) is 0. The van der Waals surface area contributed by atoms with E-state index in [4.69, 9.17) is 0 Å². The van der Waals surface area contributed by atoms with Crippen LogP contribution >= 0.6 is 0 Å². The normalized spacial score (nSPS) is 13.6. The van der Waals surface area contributed by atoms with Gasteiger partial charge in [0.15, 0.2) is 0 Å². The molecule has 1 nitrogen and oxygen atoms in total. The molecule has 108 valence electrons. The number of benzene rings is 1. The molecular weight excluding hydrogens is 258 g/mol. The van der Waals surface area contributed by atoms with Crippen LogP contribution in [-0.2, 0) is 6.18 Å². The van der Waals surface area contributed by atoms with Gasteiger partial charge in [-0.05, 0) is 37.1 Å². The fourth-order valence-electron chi connectivity index (χ4n) is 1.97. The van der Waals surface area contributed by atoms with Crippen LogP contribution in [0, 0.1) is 5.82 Å². The zero-order chi connectivity index (χ0) is 14.5. The Hall–Kier alpha value is -1.10. The zero-order valence-corrected chi connectivity index (χ0v) is 11.1. The molecule has 0 aliphatic heterocycles. The molecule has 0 fully saturated rings. The third-order valence-corrected chi connectivity index (χ3v) is 2.92. The summed E-state index contributed by atoms with van der Waals surface area (Å²) in [6, 6.07) is 3.07. The van der Waals surface area contributed by atoms with Gasteiger partial charge in [0, 0.05) is 6.04 Å². The lowest BCUT2D eigenvalue weighted by molar-refractivity contribution is -0.140. The molecular formula is C14H19F4N. The first-order chi connectivity index (χ1) is 8.90. The van der Waals surface area contributed by atoms with Crippen LogP contribution in [0.5, 0.6) is 0 Å². The predicted octanol–water partition coefficient (Wildman–Crippen LogP) is 4.69. The molecule has 0 saturated heterocycles. The van der Waals surface area contributed by atoms with Crippen molar-refractivity contribution >= 4 is 0 Å². The van der Waals surface area contributed by atoms with Crippen molar-refractivity contribution in [2.75, 3.05) is 6.54 Å². The number of halogens is 4. The number of alkyl halides is 3. The molecule has 1 atom stereocenters. The number of rotatable bonds is 6. The van der Waals surface area contributed by atoms with Gasteiger partial charge in [0.1, 0.15) is 5.82 Å². The maximum atomic E-state index is 13.5. The molecule has 0 spiro atoms. The number of hydrogen-bond donors (Lipinski definition) is 1. The van der Waals surface area contributed by atoms with Crippen LogP contribution in [-0.4, -0.2) is 6.54 Å². The van der Waals surface area contributed by atoms with Gasteiger partial charge < -0.3 is 5.32 Å².